The number of halogens is 3. The van der Waals surface area contributed by atoms with Gasteiger partial charge in [0.05, 0.1) is 17.5 Å². The Morgan fingerprint density at radius 2 is 1.88 bits per heavy atom. The Morgan fingerprint density at radius 3 is 2.62 bits per heavy atom. The van der Waals surface area contributed by atoms with Gasteiger partial charge in [-0.05, 0) is 61.1 Å². The molecule has 0 spiro atoms. The normalized spacial score (nSPS) is 22.6. The van der Waals surface area contributed by atoms with Gasteiger partial charge in [-0.15, -0.1) is 0 Å². The summed E-state index contributed by atoms with van der Waals surface area (Å²) in [7, 11) is 0. The van der Waals surface area contributed by atoms with Crippen LogP contribution in [0.3, 0.4) is 0 Å². The molecule has 5 rings (SSSR count). The minimum absolute atomic E-state index is 0.0488. The van der Waals surface area contributed by atoms with Crippen molar-refractivity contribution in [1.29, 1.82) is 0 Å². The van der Waals surface area contributed by atoms with Crippen molar-refractivity contribution in [1.82, 2.24) is 10.2 Å². The summed E-state index contributed by atoms with van der Waals surface area (Å²) in [6.07, 6.45) is -1.81. The van der Waals surface area contributed by atoms with Crippen molar-refractivity contribution in [3.05, 3.63) is 59.7 Å². The third-order valence-corrected chi connectivity index (χ3v) is 7.14. The number of hydrogen-bond donors (Lipinski definition) is 1. The number of benzene rings is 2. The molecule has 2 aromatic rings. The summed E-state index contributed by atoms with van der Waals surface area (Å²) in [5.74, 6) is 0.941. The van der Waals surface area contributed by atoms with E-state index in [1.807, 2.05) is 30.3 Å². The maximum absolute atomic E-state index is 13.3. The first-order valence-corrected chi connectivity index (χ1v) is 12.0. The zero-order valence-electron chi connectivity index (χ0n) is 19.1. The topological polar surface area (TPSA) is 44.8 Å². The van der Waals surface area contributed by atoms with Gasteiger partial charge in [-0.1, -0.05) is 18.2 Å². The highest BCUT2D eigenvalue weighted by atomic mass is 19.4. The molecule has 1 aliphatic carbocycles. The molecule has 5 nitrogen and oxygen atoms in total. The lowest BCUT2D eigenvalue weighted by Gasteiger charge is -2.49. The van der Waals surface area contributed by atoms with Crippen LogP contribution in [0.2, 0.25) is 0 Å². The number of anilines is 1. The van der Waals surface area contributed by atoms with Crippen LogP contribution < -0.4 is 15.0 Å². The van der Waals surface area contributed by atoms with E-state index in [1.54, 1.807) is 6.07 Å². The Hall–Kier alpha value is -2.74. The highest BCUT2D eigenvalue weighted by Gasteiger charge is 2.42. The second-order valence-corrected chi connectivity index (χ2v) is 9.56. The van der Waals surface area contributed by atoms with Gasteiger partial charge in [-0.3, -0.25) is 9.69 Å². The number of rotatable bonds is 7. The Labute approximate surface area is 197 Å². The summed E-state index contributed by atoms with van der Waals surface area (Å²) in [5.41, 5.74) is 0.779. The summed E-state index contributed by atoms with van der Waals surface area (Å²) in [6, 6.07) is 13.5. The summed E-state index contributed by atoms with van der Waals surface area (Å²) >= 11 is 0. The SMILES string of the molecule is O=C(NCC1CC1)[C@@H]1Cc2cc(C(F)(F)F)ccc2N2CCN(CCOc3ccccc3)C[C@@H]12. The number of carbonyl (C=O) groups is 1. The molecule has 0 unspecified atom stereocenters. The molecule has 0 bridgehead atoms. The number of nitrogens with zero attached hydrogens (tertiary/aromatic N) is 2. The number of piperazine rings is 1. The lowest BCUT2D eigenvalue weighted by atomic mass is 9.82. The van der Waals surface area contributed by atoms with E-state index in [0.717, 1.165) is 43.4 Å². The zero-order valence-corrected chi connectivity index (χ0v) is 19.1. The molecule has 1 amide bonds. The first kappa shape index (κ1) is 23.0. The minimum Gasteiger partial charge on any atom is -0.492 e. The zero-order chi connectivity index (χ0) is 23.7. The lowest BCUT2D eigenvalue weighted by Crippen LogP contribution is -2.61. The van der Waals surface area contributed by atoms with E-state index in [1.165, 1.54) is 6.07 Å². The van der Waals surface area contributed by atoms with Crippen LogP contribution in [-0.2, 0) is 17.4 Å². The molecule has 0 aromatic heterocycles. The van der Waals surface area contributed by atoms with E-state index in [9.17, 15) is 18.0 Å². The third kappa shape index (κ3) is 5.17. The molecule has 182 valence electrons. The van der Waals surface area contributed by atoms with Gasteiger partial charge in [-0.2, -0.15) is 13.2 Å². The number of hydrogen-bond acceptors (Lipinski definition) is 4. The van der Waals surface area contributed by atoms with Gasteiger partial charge in [0, 0.05) is 38.4 Å². The predicted octanol–water partition coefficient (Wildman–Crippen LogP) is 3.97. The van der Waals surface area contributed by atoms with Crippen LogP contribution >= 0.6 is 0 Å². The quantitative estimate of drug-likeness (QED) is 0.661. The average Bonchev–Trinajstić information content (AvgIpc) is 3.66. The van der Waals surface area contributed by atoms with Crippen LogP contribution in [0.15, 0.2) is 48.5 Å². The van der Waals surface area contributed by atoms with Crippen LogP contribution in [-0.4, -0.2) is 56.2 Å². The first-order valence-electron chi connectivity index (χ1n) is 12.0. The van der Waals surface area contributed by atoms with Crippen LogP contribution in [0.4, 0.5) is 18.9 Å². The minimum atomic E-state index is -4.40. The van der Waals surface area contributed by atoms with Crippen LogP contribution in [0.25, 0.3) is 0 Å². The maximum Gasteiger partial charge on any atom is 0.416 e. The number of amides is 1. The third-order valence-electron chi connectivity index (χ3n) is 7.14. The van der Waals surface area contributed by atoms with Crippen molar-refractivity contribution >= 4 is 11.6 Å². The van der Waals surface area contributed by atoms with E-state index in [0.29, 0.717) is 44.1 Å². The molecule has 2 heterocycles. The number of alkyl halides is 3. The molecule has 1 saturated heterocycles. The van der Waals surface area contributed by atoms with Crippen molar-refractivity contribution in [2.24, 2.45) is 11.8 Å². The summed E-state index contributed by atoms with van der Waals surface area (Å²) in [6.45, 7) is 4.05. The van der Waals surface area contributed by atoms with Crippen LogP contribution in [0, 0.1) is 11.8 Å². The van der Waals surface area contributed by atoms with Crippen molar-refractivity contribution in [3.8, 4) is 5.75 Å². The van der Waals surface area contributed by atoms with E-state index >= 15 is 0 Å². The molecule has 2 aliphatic heterocycles. The van der Waals surface area contributed by atoms with Gasteiger partial charge in [0.15, 0.2) is 0 Å². The van der Waals surface area contributed by atoms with Gasteiger partial charge in [0.1, 0.15) is 12.4 Å². The summed E-state index contributed by atoms with van der Waals surface area (Å²) < 4.78 is 45.9. The van der Waals surface area contributed by atoms with Crippen molar-refractivity contribution < 1.29 is 22.7 Å². The average molecular weight is 474 g/mol. The lowest BCUT2D eigenvalue weighted by molar-refractivity contribution is -0.137. The molecular formula is C26H30F3N3O2. The molecule has 0 radical (unpaired) electrons. The molecule has 2 atom stereocenters. The highest BCUT2D eigenvalue weighted by molar-refractivity contribution is 5.82. The van der Waals surface area contributed by atoms with Crippen LogP contribution in [0.5, 0.6) is 5.75 Å². The van der Waals surface area contributed by atoms with Crippen LogP contribution in [0.1, 0.15) is 24.0 Å². The first-order chi connectivity index (χ1) is 16.4. The highest BCUT2D eigenvalue weighted by Crippen LogP contribution is 2.40. The Bertz CT molecular complexity index is 1010. The van der Waals surface area contributed by atoms with Gasteiger partial charge in [0.25, 0.3) is 0 Å². The summed E-state index contributed by atoms with van der Waals surface area (Å²) in [4.78, 5) is 17.6. The molecule has 2 aromatic carbocycles. The van der Waals surface area contributed by atoms with E-state index in [2.05, 4.69) is 15.1 Å². The largest absolute Gasteiger partial charge is 0.492 e. The van der Waals surface area contributed by atoms with E-state index in [-0.39, 0.29) is 17.9 Å². The van der Waals surface area contributed by atoms with E-state index < -0.39 is 11.7 Å². The fourth-order valence-electron chi connectivity index (χ4n) is 5.07. The second-order valence-electron chi connectivity index (χ2n) is 9.56. The molecule has 1 N–H and O–H groups in total. The number of para-hydroxylation sites is 1. The Kier molecular flexibility index (Phi) is 6.42. The van der Waals surface area contributed by atoms with Gasteiger partial charge >= 0.3 is 6.18 Å². The predicted molar refractivity (Wildman–Crippen MR) is 124 cm³/mol. The maximum atomic E-state index is 13.3. The van der Waals surface area contributed by atoms with Crippen molar-refractivity contribution in [2.75, 3.05) is 44.2 Å². The number of fused-ring (bicyclic) bond motifs is 3. The van der Waals surface area contributed by atoms with Crippen molar-refractivity contribution in [3.63, 3.8) is 0 Å². The van der Waals surface area contributed by atoms with Crippen molar-refractivity contribution in [2.45, 2.75) is 31.5 Å². The standard InChI is InChI=1S/C26H30F3N3O2/c27-26(28,29)20-8-9-23-19(14-20)15-22(25(33)30-16-18-6-7-18)24-17-31(10-11-32(23)24)12-13-34-21-4-2-1-3-5-21/h1-5,8-9,14,18,22,24H,6-7,10-13,15-17H2,(H,30,33)/t22-,24+/m1/s1. The second kappa shape index (κ2) is 9.49. The fraction of sp³-hybridized carbons (Fsp3) is 0.500. The van der Waals surface area contributed by atoms with E-state index in [4.69, 9.17) is 4.74 Å². The van der Waals surface area contributed by atoms with Gasteiger partial charge in [-0.25, -0.2) is 0 Å². The Morgan fingerprint density at radius 1 is 1.09 bits per heavy atom. The molecular weight excluding hydrogens is 443 g/mol. The monoisotopic (exact) mass is 473 g/mol. The summed E-state index contributed by atoms with van der Waals surface area (Å²) in [5, 5.41) is 3.07. The fourth-order valence-corrected chi connectivity index (χ4v) is 5.07. The Balaban J connectivity index is 1.31. The number of carbonyl (C=O) groups excluding carboxylic acids is 1. The van der Waals surface area contributed by atoms with Gasteiger partial charge < -0.3 is 15.0 Å². The smallest absolute Gasteiger partial charge is 0.416 e. The molecule has 2 fully saturated rings. The molecule has 8 heteroatoms. The molecule has 34 heavy (non-hydrogen) atoms. The number of ether oxygens (including phenoxy) is 1. The molecule has 3 aliphatic rings. The number of nitrogens with one attached hydrogen (secondary N) is 1. The van der Waals surface area contributed by atoms with Gasteiger partial charge in [0.2, 0.25) is 5.91 Å². The molecule has 1 saturated carbocycles.